The zero-order valence-corrected chi connectivity index (χ0v) is 19.3. The Bertz CT molecular complexity index is 1300. The Labute approximate surface area is 190 Å². The van der Waals surface area contributed by atoms with E-state index in [0.717, 1.165) is 20.5 Å². The topological polar surface area (TPSA) is 64.0 Å². The number of anilines is 1. The number of hydrogen-bond acceptors (Lipinski definition) is 4. The Morgan fingerprint density at radius 3 is 2.50 bits per heavy atom. The fourth-order valence-corrected chi connectivity index (χ4v) is 4.66. The number of thiophene rings is 1. The number of nitrogens with zero attached hydrogens (tertiary/aromatic N) is 2. The third-order valence-corrected chi connectivity index (χ3v) is 6.65. The van der Waals surface area contributed by atoms with Crippen LogP contribution < -0.4 is 10.9 Å². The number of nitrogens with one attached hydrogen (secondary N) is 1. The van der Waals surface area contributed by atoms with Gasteiger partial charge >= 0.3 is 0 Å². The fourth-order valence-electron chi connectivity index (χ4n) is 3.26. The number of carbonyl (C=O) groups excluding carboxylic acids is 1. The van der Waals surface area contributed by atoms with Gasteiger partial charge in [-0.05, 0) is 55.8 Å². The Morgan fingerprint density at radius 2 is 1.83 bits per heavy atom. The molecule has 2 aromatic heterocycles. The van der Waals surface area contributed by atoms with Crippen LogP contribution in [0.2, 0.25) is 5.02 Å². The molecular formula is C22H17BrClN3O2S. The molecule has 1 atom stereocenters. The summed E-state index contributed by atoms with van der Waals surface area (Å²) in [6, 6.07) is 13.9. The van der Waals surface area contributed by atoms with Crippen molar-refractivity contribution in [1.82, 2.24) is 9.55 Å². The number of rotatable bonds is 4. The highest BCUT2D eigenvalue weighted by atomic mass is 79.9. The molecule has 4 aromatic rings. The summed E-state index contributed by atoms with van der Waals surface area (Å²) in [6.07, 6.45) is 1.44. The quantitative estimate of drug-likeness (QED) is 0.369. The number of hydrogen-bond donors (Lipinski definition) is 1. The van der Waals surface area contributed by atoms with Crippen LogP contribution in [-0.2, 0) is 4.79 Å². The van der Waals surface area contributed by atoms with Gasteiger partial charge in [0.25, 0.3) is 5.56 Å². The lowest BCUT2D eigenvalue weighted by atomic mass is 10.0. The van der Waals surface area contributed by atoms with Crippen molar-refractivity contribution in [3.05, 3.63) is 79.6 Å². The van der Waals surface area contributed by atoms with Gasteiger partial charge in [-0.3, -0.25) is 14.2 Å². The maximum atomic E-state index is 13.4. The van der Waals surface area contributed by atoms with Gasteiger partial charge in [-0.1, -0.05) is 39.7 Å². The van der Waals surface area contributed by atoms with Gasteiger partial charge in [0.15, 0.2) is 0 Å². The Balaban J connectivity index is 1.74. The van der Waals surface area contributed by atoms with Crippen LogP contribution in [0, 0.1) is 6.92 Å². The highest BCUT2D eigenvalue weighted by molar-refractivity contribution is 9.10. The van der Waals surface area contributed by atoms with Crippen LogP contribution >= 0.6 is 38.9 Å². The van der Waals surface area contributed by atoms with Gasteiger partial charge in [-0.25, -0.2) is 4.98 Å². The molecule has 2 aromatic carbocycles. The molecule has 0 aliphatic rings. The molecule has 1 N–H and O–H groups in total. The number of carbonyl (C=O) groups is 1. The molecule has 8 heteroatoms. The number of halogens is 2. The summed E-state index contributed by atoms with van der Waals surface area (Å²) in [7, 11) is 0. The third kappa shape index (κ3) is 3.93. The van der Waals surface area contributed by atoms with Crippen molar-refractivity contribution in [2.24, 2.45) is 0 Å². The van der Waals surface area contributed by atoms with E-state index in [2.05, 4.69) is 26.2 Å². The number of aromatic nitrogens is 2. The summed E-state index contributed by atoms with van der Waals surface area (Å²) in [6.45, 7) is 3.66. The van der Waals surface area contributed by atoms with Gasteiger partial charge in [-0.2, -0.15) is 0 Å². The average molecular weight is 503 g/mol. The van der Waals surface area contributed by atoms with Gasteiger partial charge in [0.2, 0.25) is 5.91 Å². The lowest BCUT2D eigenvalue weighted by Crippen LogP contribution is -2.31. The number of amides is 1. The molecule has 0 aliphatic carbocycles. The normalized spacial score (nSPS) is 12.1. The summed E-state index contributed by atoms with van der Waals surface area (Å²) < 4.78 is 2.34. The minimum Gasteiger partial charge on any atom is -0.324 e. The van der Waals surface area contributed by atoms with Gasteiger partial charge < -0.3 is 5.32 Å². The van der Waals surface area contributed by atoms with Crippen LogP contribution in [0.5, 0.6) is 0 Å². The van der Waals surface area contributed by atoms with Gasteiger partial charge in [0, 0.05) is 25.6 Å². The SMILES string of the molecule is Cc1sc2ncn(C(C)C(=O)Nc3ccc(Cl)cc3)c(=O)c2c1-c1ccc(Br)cc1. The first-order valence-electron chi connectivity index (χ1n) is 9.18. The predicted octanol–water partition coefficient (Wildman–Crippen LogP) is 6.05. The standard InChI is InChI=1S/C22H17BrClN3O2S/c1-12(20(28)26-17-9-7-16(24)8-10-17)27-11-25-21-19(22(27)29)18(13(2)30-21)14-3-5-15(23)6-4-14/h3-12H,1-2H3,(H,26,28). The summed E-state index contributed by atoms with van der Waals surface area (Å²) in [5.41, 5.74) is 2.18. The number of fused-ring (bicyclic) bond motifs is 1. The van der Waals surface area contributed by atoms with Crippen LogP contribution in [0.15, 0.2) is 64.1 Å². The molecule has 30 heavy (non-hydrogen) atoms. The van der Waals surface area contributed by atoms with Crippen molar-refractivity contribution in [3.63, 3.8) is 0 Å². The van der Waals surface area contributed by atoms with Crippen molar-refractivity contribution in [2.45, 2.75) is 19.9 Å². The molecule has 2 heterocycles. The fraction of sp³-hybridized carbons (Fsp3) is 0.136. The molecule has 0 saturated heterocycles. The Morgan fingerprint density at radius 1 is 1.17 bits per heavy atom. The van der Waals surface area contributed by atoms with E-state index in [1.165, 1.54) is 22.2 Å². The molecule has 4 rings (SSSR count). The molecule has 152 valence electrons. The minimum atomic E-state index is -0.733. The highest BCUT2D eigenvalue weighted by Crippen LogP contribution is 2.36. The summed E-state index contributed by atoms with van der Waals surface area (Å²) in [4.78, 5) is 32.3. The maximum Gasteiger partial charge on any atom is 0.263 e. The average Bonchev–Trinajstić information content (AvgIpc) is 3.07. The second-order valence-electron chi connectivity index (χ2n) is 6.85. The zero-order chi connectivity index (χ0) is 21.4. The lowest BCUT2D eigenvalue weighted by Gasteiger charge is -2.15. The highest BCUT2D eigenvalue weighted by Gasteiger charge is 2.22. The molecule has 1 amide bonds. The second kappa shape index (κ2) is 8.34. The Hall–Kier alpha value is -2.48. The maximum absolute atomic E-state index is 13.4. The molecule has 1 unspecified atom stereocenters. The van der Waals surface area contributed by atoms with Crippen LogP contribution in [0.3, 0.4) is 0 Å². The van der Waals surface area contributed by atoms with E-state index >= 15 is 0 Å². The molecule has 5 nitrogen and oxygen atoms in total. The number of benzene rings is 2. The predicted molar refractivity (Wildman–Crippen MR) is 127 cm³/mol. The Kier molecular flexibility index (Phi) is 5.77. The molecule has 0 saturated carbocycles. The molecule has 0 fully saturated rings. The summed E-state index contributed by atoms with van der Waals surface area (Å²) in [5.74, 6) is -0.308. The smallest absolute Gasteiger partial charge is 0.263 e. The van der Waals surface area contributed by atoms with E-state index in [0.29, 0.717) is 20.9 Å². The van der Waals surface area contributed by atoms with E-state index < -0.39 is 6.04 Å². The first-order valence-corrected chi connectivity index (χ1v) is 11.2. The van der Waals surface area contributed by atoms with E-state index in [-0.39, 0.29) is 11.5 Å². The molecule has 0 aliphatic heterocycles. The van der Waals surface area contributed by atoms with E-state index in [4.69, 9.17) is 11.6 Å². The van der Waals surface area contributed by atoms with Crippen molar-refractivity contribution in [2.75, 3.05) is 5.32 Å². The monoisotopic (exact) mass is 501 g/mol. The van der Waals surface area contributed by atoms with Crippen molar-refractivity contribution in [1.29, 1.82) is 0 Å². The lowest BCUT2D eigenvalue weighted by molar-refractivity contribution is -0.118. The van der Waals surface area contributed by atoms with Crippen LogP contribution in [0.1, 0.15) is 17.8 Å². The van der Waals surface area contributed by atoms with E-state index in [9.17, 15) is 9.59 Å². The summed E-state index contributed by atoms with van der Waals surface area (Å²) >= 11 is 10.8. The number of aryl methyl sites for hydroxylation is 1. The van der Waals surface area contributed by atoms with Crippen molar-refractivity contribution in [3.8, 4) is 11.1 Å². The van der Waals surface area contributed by atoms with Gasteiger partial charge in [-0.15, -0.1) is 11.3 Å². The van der Waals surface area contributed by atoms with E-state index in [1.807, 2.05) is 31.2 Å². The zero-order valence-electron chi connectivity index (χ0n) is 16.1. The first kappa shape index (κ1) is 20.8. The van der Waals surface area contributed by atoms with E-state index in [1.54, 1.807) is 31.2 Å². The van der Waals surface area contributed by atoms with Crippen LogP contribution in [0.4, 0.5) is 5.69 Å². The van der Waals surface area contributed by atoms with Crippen LogP contribution in [0.25, 0.3) is 21.3 Å². The molecule has 0 bridgehead atoms. The minimum absolute atomic E-state index is 0.235. The van der Waals surface area contributed by atoms with Gasteiger partial charge in [0.05, 0.1) is 11.7 Å². The van der Waals surface area contributed by atoms with Crippen LogP contribution in [-0.4, -0.2) is 15.5 Å². The molecule has 0 spiro atoms. The molecule has 0 radical (unpaired) electrons. The third-order valence-electron chi connectivity index (χ3n) is 4.85. The largest absolute Gasteiger partial charge is 0.324 e. The summed E-state index contributed by atoms with van der Waals surface area (Å²) in [5, 5.41) is 3.93. The second-order valence-corrected chi connectivity index (χ2v) is 9.40. The van der Waals surface area contributed by atoms with Crippen molar-refractivity contribution >= 4 is 60.7 Å². The molecular weight excluding hydrogens is 486 g/mol. The van der Waals surface area contributed by atoms with Crippen molar-refractivity contribution < 1.29 is 4.79 Å². The van der Waals surface area contributed by atoms with Gasteiger partial charge in [0.1, 0.15) is 10.9 Å². The first-order chi connectivity index (χ1) is 14.3.